The lowest BCUT2D eigenvalue weighted by atomic mass is 10.0. The highest BCUT2D eigenvalue weighted by atomic mass is 16.6. The van der Waals surface area contributed by atoms with Crippen LogP contribution < -0.4 is 17.2 Å². The third-order valence-corrected chi connectivity index (χ3v) is 2.55. The molecule has 0 spiro atoms. The van der Waals surface area contributed by atoms with Gasteiger partial charge >= 0.3 is 5.97 Å². The molecule has 0 aromatic carbocycles. The molecule has 0 aliphatic rings. The van der Waals surface area contributed by atoms with Gasteiger partial charge in [-0.25, -0.2) is 0 Å². The van der Waals surface area contributed by atoms with Gasteiger partial charge < -0.3 is 52.9 Å². The van der Waals surface area contributed by atoms with Crippen LogP contribution in [0.5, 0.6) is 0 Å². The fraction of sp³-hybridized carbons (Fsp3) is 0.875. The van der Waals surface area contributed by atoms with Crippen LogP contribution in [0, 0.1) is 0 Å². The summed E-state index contributed by atoms with van der Waals surface area (Å²) in [6.45, 7) is -3.26. The minimum atomic E-state index is -3.32. The van der Waals surface area contributed by atoms with E-state index >= 15 is 0 Å². The van der Waals surface area contributed by atoms with Crippen molar-refractivity contribution >= 4 is 5.97 Å². The Balaban J connectivity index is 6.01. The second kappa shape index (κ2) is 6.23. The average molecular weight is 300 g/mol. The topological polar surface area (TPSA) is 240 Å². The van der Waals surface area contributed by atoms with E-state index in [2.05, 4.69) is 0 Å². The summed E-state index contributed by atoms with van der Waals surface area (Å²) >= 11 is 0. The van der Waals surface area contributed by atoms with Gasteiger partial charge in [-0.05, 0) is 0 Å². The second-order valence-electron chi connectivity index (χ2n) is 4.15. The van der Waals surface area contributed by atoms with Gasteiger partial charge in [0.2, 0.25) is 17.6 Å². The van der Waals surface area contributed by atoms with Gasteiger partial charge in [-0.1, -0.05) is 0 Å². The van der Waals surface area contributed by atoms with E-state index < -0.39 is 49.3 Å². The van der Waals surface area contributed by atoms with E-state index in [1.165, 1.54) is 0 Å². The SMILES string of the molecule is NCC(O)(O)[C@H](C(=O)O)N(C(O)(O)CN)C(O)(O)CN. The number of nitrogens with zero attached hydrogens (tertiary/aromatic N) is 1. The van der Waals surface area contributed by atoms with Gasteiger partial charge in [-0.3, -0.25) is 4.79 Å². The fourth-order valence-corrected chi connectivity index (χ4v) is 1.52. The molecule has 0 saturated heterocycles. The van der Waals surface area contributed by atoms with Gasteiger partial charge in [0.15, 0.2) is 6.04 Å². The van der Waals surface area contributed by atoms with E-state index in [-0.39, 0.29) is 4.90 Å². The second-order valence-corrected chi connectivity index (χ2v) is 4.15. The quantitative estimate of drug-likeness (QED) is 0.188. The summed E-state index contributed by atoms with van der Waals surface area (Å²) < 4.78 is 0. The first-order chi connectivity index (χ1) is 8.87. The van der Waals surface area contributed by atoms with Crippen molar-refractivity contribution in [2.24, 2.45) is 17.2 Å². The molecule has 0 rings (SSSR count). The molecule has 0 fully saturated rings. The molecule has 0 heterocycles. The van der Waals surface area contributed by atoms with Crippen LogP contribution in [-0.2, 0) is 4.79 Å². The first-order valence-corrected chi connectivity index (χ1v) is 5.34. The number of aliphatic carboxylic acids is 1. The Hall–Kier alpha value is -0.930. The van der Waals surface area contributed by atoms with Gasteiger partial charge in [0.25, 0.3) is 0 Å². The van der Waals surface area contributed by atoms with Crippen LogP contribution in [0.1, 0.15) is 0 Å². The molecule has 1 atom stereocenters. The van der Waals surface area contributed by atoms with E-state index in [1.807, 2.05) is 0 Å². The van der Waals surface area contributed by atoms with Crippen molar-refractivity contribution in [3.05, 3.63) is 0 Å². The largest absolute Gasteiger partial charge is 0.480 e. The monoisotopic (exact) mass is 300 g/mol. The summed E-state index contributed by atoms with van der Waals surface area (Å²) in [5.74, 6) is -11.9. The zero-order valence-corrected chi connectivity index (χ0v) is 10.4. The van der Waals surface area contributed by atoms with Crippen molar-refractivity contribution in [3.63, 3.8) is 0 Å². The minimum Gasteiger partial charge on any atom is -0.480 e. The summed E-state index contributed by atoms with van der Waals surface area (Å²) in [5, 5.41) is 66.4. The predicted molar refractivity (Wildman–Crippen MR) is 61.9 cm³/mol. The zero-order valence-electron chi connectivity index (χ0n) is 10.4. The fourth-order valence-electron chi connectivity index (χ4n) is 1.52. The Labute approximate surface area is 113 Å². The molecule has 0 bridgehead atoms. The number of hydrogen-bond acceptors (Lipinski definition) is 11. The smallest absolute Gasteiger partial charge is 0.326 e. The Kier molecular flexibility index (Phi) is 5.94. The normalized spacial score (nSPS) is 15.5. The van der Waals surface area contributed by atoms with Crippen LogP contribution in [0.25, 0.3) is 0 Å². The Morgan fingerprint density at radius 1 is 0.900 bits per heavy atom. The van der Waals surface area contributed by atoms with E-state index in [1.54, 1.807) is 0 Å². The molecular formula is C8H20N4O8. The number of hydrogen-bond donors (Lipinski definition) is 10. The minimum absolute atomic E-state index is 0.366. The summed E-state index contributed by atoms with van der Waals surface area (Å²) in [4.78, 5) is 10.8. The lowest BCUT2D eigenvalue weighted by molar-refractivity contribution is -0.404. The standard InChI is InChI=1S/C8H20N4O8/c9-1-6(15,16)4(5(13)14)12(7(17,18)2-10)8(19,20)3-11/h4,15-20H,1-3,9-11H2,(H,13,14)/t4-/m0/s1. The third kappa shape index (κ3) is 3.80. The summed E-state index contributed by atoms with van der Waals surface area (Å²) in [6, 6.07) is -2.65. The number of rotatable bonds is 8. The number of carboxylic acid groups (broad SMARTS) is 1. The van der Waals surface area contributed by atoms with E-state index in [0.717, 1.165) is 0 Å². The average Bonchev–Trinajstić information content (AvgIpc) is 2.34. The van der Waals surface area contributed by atoms with E-state index in [0.29, 0.717) is 0 Å². The van der Waals surface area contributed by atoms with Crippen molar-refractivity contribution in [2.45, 2.75) is 23.7 Å². The van der Waals surface area contributed by atoms with Crippen LogP contribution in [0.15, 0.2) is 0 Å². The number of aliphatic hydroxyl groups is 6. The molecule has 0 aromatic heterocycles. The first kappa shape index (κ1) is 19.1. The van der Waals surface area contributed by atoms with Crippen LogP contribution in [-0.4, -0.2) is 89.9 Å². The number of carboxylic acids is 1. The number of carbonyl (C=O) groups is 1. The third-order valence-electron chi connectivity index (χ3n) is 2.55. The van der Waals surface area contributed by atoms with Crippen LogP contribution in [0.3, 0.4) is 0 Å². The maximum Gasteiger partial charge on any atom is 0.326 e. The Morgan fingerprint density at radius 3 is 1.45 bits per heavy atom. The van der Waals surface area contributed by atoms with E-state index in [9.17, 15) is 35.4 Å². The van der Waals surface area contributed by atoms with Crippen LogP contribution >= 0.6 is 0 Å². The maximum absolute atomic E-state index is 11.1. The lowest BCUT2D eigenvalue weighted by Crippen LogP contribution is -2.76. The Morgan fingerprint density at radius 2 is 1.25 bits per heavy atom. The van der Waals surface area contributed by atoms with E-state index in [4.69, 9.17) is 22.3 Å². The molecule has 12 nitrogen and oxygen atoms in total. The van der Waals surface area contributed by atoms with Crippen LogP contribution in [0.4, 0.5) is 0 Å². The molecule has 0 aliphatic heterocycles. The highest BCUT2D eigenvalue weighted by molar-refractivity contribution is 5.75. The van der Waals surface area contributed by atoms with Crippen molar-refractivity contribution in [3.8, 4) is 0 Å². The molecule has 0 aromatic rings. The summed E-state index contributed by atoms with van der Waals surface area (Å²) in [5.41, 5.74) is 15.0. The molecule has 12 heteroatoms. The molecule has 13 N–H and O–H groups in total. The van der Waals surface area contributed by atoms with Gasteiger partial charge in [0.1, 0.15) is 0 Å². The van der Waals surface area contributed by atoms with Crippen molar-refractivity contribution < 1.29 is 40.5 Å². The molecule has 0 saturated carbocycles. The maximum atomic E-state index is 11.1. The molecule has 0 unspecified atom stereocenters. The molecular weight excluding hydrogens is 280 g/mol. The number of nitrogens with two attached hydrogens (primary N) is 3. The van der Waals surface area contributed by atoms with Crippen molar-refractivity contribution in [1.82, 2.24) is 4.90 Å². The van der Waals surface area contributed by atoms with Gasteiger partial charge in [-0.15, -0.1) is 0 Å². The Bertz CT molecular complexity index is 331. The molecule has 0 radical (unpaired) electrons. The molecule has 0 amide bonds. The van der Waals surface area contributed by atoms with Crippen molar-refractivity contribution in [1.29, 1.82) is 0 Å². The molecule has 20 heavy (non-hydrogen) atoms. The van der Waals surface area contributed by atoms with Crippen LogP contribution in [0.2, 0.25) is 0 Å². The van der Waals surface area contributed by atoms with Gasteiger partial charge in [0.05, 0.1) is 13.1 Å². The first-order valence-electron chi connectivity index (χ1n) is 5.34. The highest BCUT2D eigenvalue weighted by Gasteiger charge is 2.57. The highest BCUT2D eigenvalue weighted by Crippen LogP contribution is 2.26. The van der Waals surface area contributed by atoms with Crippen molar-refractivity contribution in [2.75, 3.05) is 19.6 Å². The molecule has 120 valence electrons. The van der Waals surface area contributed by atoms with Gasteiger partial charge in [-0.2, -0.15) is 4.90 Å². The lowest BCUT2D eigenvalue weighted by Gasteiger charge is -2.47. The predicted octanol–water partition coefficient (Wildman–Crippen LogP) is -6.42. The summed E-state index contributed by atoms with van der Waals surface area (Å²) in [6.07, 6.45) is 0. The molecule has 0 aliphatic carbocycles. The summed E-state index contributed by atoms with van der Waals surface area (Å²) in [7, 11) is 0. The van der Waals surface area contributed by atoms with Gasteiger partial charge in [0, 0.05) is 6.54 Å². The zero-order chi connectivity index (χ0) is 16.4.